The Balaban J connectivity index is 1.60. The van der Waals surface area contributed by atoms with E-state index in [2.05, 4.69) is 25.6 Å². The van der Waals surface area contributed by atoms with Crippen molar-refractivity contribution in [3.05, 3.63) is 42.4 Å². The van der Waals surface area contributed by atoms with Gasteiger partial charge in [0, 0.05) is 31.2 Å². The molecule has 1 aliphatic rings. The van der Waals surface area contributed by atoms with Crippen molar-refractivity contribution >= 4 is 21.6 Å². The molecule has 3 heterocycles. The van der Waals surface area contributed by atoms with Gasteiger partial charge in [-0.05, 0) is 30.2 Å². The summed E-state index contributed by atoms with van der Waals surface area (Å²) in [5.74, 6) is 1.54. The molecule has 0 amide bonds. The molecule has 1 aliphatic heterocycles. The molecule has 0 aromatic carbocycles. The highest BCUT2D eigenvalue weighted by molar-refractivity contribution is 7.91. The predicted octanol–water partition coefficient (Wildman–Crippen LogP) is 1.08. The average molecular weight is 319 g/mol. The van der Waals surface area contributed by atoms with E-state index in [1.54, 1.807) is 24.7 Å². The zero-order chi connectivity index (χ0) is 15.4. The lowest BCUT2D eigenvalue weighted by molar-refractivity contribution is 0.602. The van der Waals surface area contributed by atoms with Crippen LogP contribution in [0.1, 0.15) is 12.0 Å². The second-order valence-electron chi connectivity index (χ2n) is 5.22. The lowest BCUT2D eigenvalue weighted by Gasteiger charge is -2.12. The van der Waals surface area contributed by atoms with E-state index in [4.69, 9.17) is 0 Å². The highest BCUT2D eigenvalue weighted by Gasteiger charge is 2.27. The van der Waals surface area contributed by atoms with E-state index in [0.29, 0.717) is 24.7 Å². The van der Waals surface area contributed by atoms with Gasteiger partial charge in [-0.2, -0.15) is 4.98 Å². The Morgan fingerprint density at radius 3 is 2.73 bits per heavy atom. The van der Waals surface area contributed by atoms with Gasteiger partial charge < -0.3 is 10.6 Å². The summed E-state index contributed by atoms with van der Waals surface area (Å²) in [6.07, 6.45) is 5.73. The van der Waals surface area contributed by atoms with Gasteiger partial charge in [-0.15, -0.1) is 0 Å². The van der Waals surface area contributed by atoms with E-state index in [1.165, 1.54) is 0 Å². The van der Waals surface area contributed by atoms with E-state index in [-0.39, 0.29) is 17.5 Å². The second-order valence-corrected chi connectivity index (χ2v) is 7.45. The molecule has 2 aromatic heterocycles. The van der Waals surface area contributed by atoms with Gasteiger partial charge in [-0.3, -0.25) is 4.98 Å². The highest BCUT2D eigenvalue weighted by atomic mass is 32.2. The molecular formula is C14H17N5O2S. The van der Waals surface area contributed by atoms with Crippen molar-refractivity contribution in [3.63, 3.8) is 0 Å². The molecule has 2 N–H and O–H groups in total. The quantitative estimate of drug-likeness (QED) is 0.851. The van der Waals surface area contributed by atoms with Crippen LogP contribution < -0.4 is 10.6 Å². The number of pyridine rings is 1. The SMILES string of the molecule is O=S1(=O)CCC(Nc2ccnc(NCc3ccncc3)n2)C1. The molecule has 0 spiro atoms. The van der Waals surface area contributed by atoms with Gasteiger partial charge in [0.1, 0.15) is 5.82 Å². The minimum atomic E-state index is -2.90. The molecule has 8 heteroatoms. The minimum Gasteiger partial charge on any atom is -0.366 e. The van der Waals surface area contributed by atoms with Crippen LogP contribution in [0.3, 0.4) is 0 Å². The molecule has 22 heavy (non-hydrogen) atoms. The molecule has 2 aromatic rings. The standard InChI is InChI=1S/C14H17N5O2S/c20-22(21)8-4-12(10-22)18-13-3-7-16-14(19-13)17-9-11-1-5-15-6-2-11/h1-3,5-7,12H,4,8-10H2,(H2,16,17,18,19). The first-order valence-corrected chi connectivity index (χ1v) is 8.86. The number of sulfone groups is 1. The minimum absolute atomic E-state index is 0.0760. The van der Waals surface area contributed by atoms with Crippen LogP contribution in [0.15, 0.2) is 36.8 Å². The molecule has 116 valence electrons. The van der Waals surface area contributed by atoms with Crippen LogP contribution in [0.4, 0.5) is 11.8 Å². The highest BCUT2D eigenvalue weighted by Crippen LogP contribution is 2.16. The summed E-state index contributed by atoms with van der Waals surface area (Å²) in [6, 6.07) is 5.49. The Labute approximate surface area is 129 Å². The number of hydrogen-bond acceptors (Lipinski definition) is 7. The third kappa shape index (κ3) is 3.91. The van der Waals surface area contributed by atoms with Crippen LogP contribution in [0.5, 0.6) is 0 Å². The van der Waals surface area contributed by atoms with Crippen LogP contribution in [-0.2, 0) is 16.4 Å². The molecule has 0 radical (unpaired) electrons. The van der Waals surface area contributed by atoms with Gasteiger partial charge >= 0.3 is 0 Å². The third-order valence-corrected chi connectivity index (χ3v) is 5.21. The molecule has 3 rings (SSSR count). The molecular weight excluding hydrogens is 302 g/mol. The first kappa shape index (κ1) is 14.7. The van der Waals surface area contributed by atoms with Crippen LogP contribution in [0.25, 0.3) is 0 Å². The fraction of sp³-hybridized carbons (Fsp3) is 0.357. The number of anilines is 2. The van der Waals surface area contributed by atoms with Gasteiger partial charge in [0.25, 0.3) is 0 Å². The van der Waals surface area contributed by atoms with Crippen LogP contribution in [0, 0.1) is 0 Å². The van der Waals surface area contributed by atoms with Crippen molar-refractivity contribution in [1.82, 2.24) is 15.0 Å². The summed E-state index contributed by atoms with van der Waals surface area (Å²) >= 11 is 0. The number of hydrogen-bond donors (Lipinski definition) is 2. The normalized spacial score (nSPS) is 19.7. The number of nitrogens with zero attached hydrogens (tertiary/aromatic N) is 3. The Kier molecular flexibility index (Phi) is 4.19. The van der Waals surface area contributed by atoms with Gasteiger partial charge in [0.2, 0.25) is 5.95 Å². The van der Waals surface area contributed by atoms with Crippen LogP contribution >= 0.6 is 0 Å². The molecule has 7 nitrogen and oxygen atoms in total. The molecule has 0 saturated carbocycles. The number of rotatable bonds is 5. The number of nitrogens with one attached hydrogen (secondary N) is 2. The van der Waals surface area contributed by atoms with Crippen molar-refractivity contribution in [3.8, 4) is 0 Å². The predicted molar refractivity (Wildman–Crippen MR) is 84.3 cm³/mol. The van der Waals surface area contributed by atoms with Crippen molar-refractivity contribution in [2.24, 2.45) is 0 Å². The van der Waals surface area contributed by atoms with Crippen molar-refractivity contribution in [2.45, 2.75) is 19.0 Å². The molecule has 0 aliphatic carbocycles. The third-order valence-electron chi connectivity index (χ3n) is 3.44. The van der Waals surface area contributed by atoms with Crippen molar-refractivity contribution in [2.75, 3.05) is 22.1 Å². The summed E-state index contributed by atoms with van der Waals surface area (Å²) in [4.78, 5) is 12.5. The largest absolute Gasteiger partial charge is 0.366 e. The average Bonchev–Trinajstić information content (AvgIpc) is 2.85. The Bertz CT molecular complexity index is 736. The van der Waals surface area contributed by atoms with Gasteiger partial charge in [0.05, 0.1) is 11.5 Å². The van der Waals surface area contributed by atoms with E-state index in [9.17, 15) is 8.42 Å². The topological polar surface area (TPSA) is 96.9 Å². The summed E-state index contributed by atoms with van der Waals surface area (Å²) in [5.41, 5.74) is 1.08. The zero-order valence-electron chi connectivity index (χ0n) is 11.9. The second kappa shape index (κ2) is 6.27. The molecule has 1 fully saturated rings. The fourth-order valence-corrected chi connectivity index (χ4v) is 4.00. The van der Waals surface area contributed by atoms with Crippen LogP contribution in [-0.4, -0.2) is 40.9 Å². The monoisotopic (exact) mass is 319 g/mol. The Hall–Kier alpha value is -2.22. The summed E-state index contributed by atoms with van der Waals surface area (Å²) in [7, 11) is -2.90. The van der Waals surface area contributed by atoms with Crippen LogP contribution in [0.2, 0.25) is 0 Å². The maximum Gasteiger partial charge on any atom is 0.224 e. The van der Waals surface area contributed by atoms with E-state index in [0.717, 1.165) is 5.56 Å². The Morgan fingerprint density at radius 2 is 2.00 bits per heavy atom. The molecule has 1 atom stereocenters. The number of aromatic nitrogens is 3. The molecule has 1 saturated heterocycles. The van der Waals surface area contributed by atoms with E-state index in [1.807, 2.05) is 12.1 Å². The lowest BCUT2D eigenvalue weighted by Crippen LogP contribution is -2.21. The summed E-state index contributed by atoms with van der Waals surface area (Å²) < 4.78 is 22.9. The van der Waals surface area contributed by atoms with E-state index >= 15 is 0 Å². The first-order chi connectivity index (χ1) is 10.6. The van der Waals surface area contributed by atoms with Gasteiger partial charge in [-0.25, -0.2) is 13.4 Å². The maximum absolute atomic E-state index is 11.5. The fourth-order valence-electron chi connectivity index (χ4n) is 2.32. The lowest BCUT2D eigenvalue weighted by atomic mass is 10.2. The zero-order valence-corrected chi connectivity index (χ0v) is 12.8. The Morgan fingerprint density at radius 1 is 1.18 bits per heavy atom. The van der Waals surface area contributed by atoms with Gasteiger partial charge in [0.15, 0.2) is 9.84 Å². The van der Waals surface area contributed by atoms with E-state index < -0.39 is 9.84 Å². The summed E-state index contributed by atoms with van der Waals surface area (Å²) in [6.45, 7) is 0.601. The van der Waals surface area contributed by atoms with Crippen molar-refractivity contribution in [1.29, 1.82) is 0 Å². The maximum atomic E-state index is 11.5. The first-order valence-electron chi connectivity index (χ1n) is 7.03. The summed E-state index contributed by atoms with van der Waals surface area (Å²) in [5, 5.41) is 6.29. The molecule has 0 bridgehead atoms. The smallest absolute Gasteiger partial charge is 0.224 e. The molecule has 1 unspecified atom stereocenters. The van der Waals surface area contributed by atoms with Crippen molar-refractivity contribution < 1.29 is 8.42 Å². The van der Waals surface area contributed by atoms with Gasteiger partial charge in [-0.1, -0.05) is 0 Å².